The van der Waals surface area contributed by atoms with Gasteiger partial charge >= 0.3 is 6.18 Å². The van der Waals surface area contributed by atoms with Gasteiger partial charge in [0.15, 0.2) is 17.2 Å². The van der Waals surface area contributed by atoms with Crippen LogP contribution < -0.4 is 0 Å². The molecule has 0 spiro atoms. The Hall–Kier alpha value is -3.19. The quantitative estimate of drug-likeness (QED) is 0.575. The molecule has 1 N–H and O–H groups in total. The van der Waals surface area contributed by atoms with Crippen LogP contribution in [-0.4, -0.2) is 16.0 Å². The van der Waals surface area contributed by atoms with Gasteiger partial charge in [-0.15, -0.1) is 0 Å². The molecule has 0 saturated carbocycles. The first-order chi connectivity index (χ1) is 14.3. The summed E-state index contributed by atoms with van der Waals surface area (Å²) in [7, 11) is 0. The summed E-state index contributed by atoms with van der Waals surface area (Å²) in [4.78, 5) is 13.1. The molecular weight excluding hydrogens is 395 g/mol. The zero-order chi connectivity index (χ0) is 21.5. The number of aliphatic hydroxyl groups is 1. The normalized spacial score (nSPS) is 18.7. The molecule has 0 bridgehead atoms. The number of ketones is 1. The maximum atomic E-state index is 13.9. The highest BCUT2D eigenvalue weighted by Crippen LogP contribution is 2.43. The minimum absolute atomic E-state index is 0.169. The van der Waals surface area contributed by atoms with E-state index in [1.807, 2.05) is 6.07 Å². The molecule has 0 radical (unpaired) electrons. The molecule has 1 heterocycles. The molecule has 4 rings (SSSR count). The van der Waals surface area contributed by atoms with Crippen molar-refractivity contribution in [3.8, 4) is 11.3 Å². The first-order valence-electron chi connectivity index (χ1n) is 9.41. The Morgan fingerprint density at radius 1 is 1.20 bits per heavy atom. The van der Waals surface area contributed by atoms with Crippen molar-refractivity contribution >= 4 is 11.9 Å². The summed E-state index contributed by atoms with van der Waals surface area (Å²) in [6.07, 6.45) is -3.74. The lowest BCUT2D eigenvalue weighted by Gasteiger charge is -2.29. The number of halogens is 3. The fraction of sp³-hybridized carbons (Fsp3) is 0.217. The van der Waals surface area contributed by atoms with Crippen LogP contribution in [0.2, 0.25) is 0 Å². The van der Waals surface area contributed by atoms with Gasteiger partial charge in [-0.05, 0) is 29.5 Å². The minimum atomic E-state index is -4.84. The molecule has 0 saturated heterocycles. The standard InChI is InChI=1S/C23H18F3NO3/c1-2-13-8-10-16-15(12-13)9-11-17(20(16)28)21(29)19-18(23(24,25)26)22(30-27-19)14-6-4-3-5-7-14/h2-8,10,12,17,20,28H,1,9,11H2. The second-order valence-electron chi connectivity index (χ2n) is 7.22. The average molecular weight is 413 g/mol. The maximum Gasteiger partial charge on any atom is 0.422 e. The highest BCUT2D eigenvalue weighted by Gasteiger charge is 2.45. The number of aromatic nitrogens is 1. The van der Waals surface area contributed by atoms with Gasteiger partial charge in [0.1, 0.15) is 5.56 Å². The molecule has 2 unspecified atom stereocenters. The van der Waals surface area contributed by atoms with Crippen LogP contribution in [0.25, 0.3) is 17.4 Å². The SMILES string of the molecule is C=Cc1ccc2c(c1)CCC(C(=O)c1noc(-c3ccccc3)c1C(F)(F)F)C2O. The third-order valence-corrected chi connectivity index (χ3v) is 5.41. The summed E-state index contributed by atoms with van der Waals surface area (Å²) in [6.45, 7) is 3.70. The van der Waals surface area contributed by atoms with Crippen LogP contribution in [0.15, 0.2) is 59.6 Å². The van der Waals surface area contributed by atoms with Crippen molar-refractivity contribution in [3.05, 3.63) is 83.1 Å². The number of hydrogen-bond acceptors (Lipinski definition) is 4. The highest BCUT2D eigenvalue weighted by molar-refractivity contribution is 5.99. The molecule has 1 aliphatic rings. The highest BCUT2D eigenvalue weighted by atomic mass is 19.4. The second-order valence-corrected chi connectivity index (χ2v) is 7.22. The van der Waals surface area contributed by atoms with Gasteiger partial charge < -0.3 is 9.63 Å². The topological polar surface area (TPSA) is 63.3 Å². The summed E-state index contributed by atoms with van der Waals surface area (Å²) in [6, 6.07) is 13.0. The summed E-state index contributed by atoms with van der Waals surface area (Å²) in [5.74, 6) is -2.42. The third kappa shape index (κ3) is 3.45. The van der Waals surface area contributed by atoms with Crippen molar-refractivity contribution in [1.82, 2.24) is 5.16 Å². The van der Waals surface area contributed by atoms with Gasteiger partial charge in [0, 0.05) is 5.56 Å². The number of aliphatic hydroxyl groups excluding tert-OH is 1. The van der Waals surface area contributed by atoms with Gasteiger partial charge in [-0.25, -0.2) is 0 Å². The fourth-order valence-corrected chi connectivity index (χ4v) is 3.90. The van der Waals surface area contributed by atoms with Gasteiger partial charge in [0.2, 0.25) is 0 Å². The number of rotatable bonds is 4. The lowest BCUT2D eigenvalue weighted by atomic mass is 9.77. The number of aryl methyl sites for hydroxylation is 1. The zero-order valence-corrected chi connectivity index (χ0v) is 15.8. The number of nitrogens with zero attached hydrogens (tertiary/aromatic N) is 1. The summed E-state index contributed by atoms with van der Waals surface area (Å²) >= 11 is 0. The molecule has 0 aliphatic heterocycles. The van der Waals surface area contributed by atoms with E-state index in [2.05, 4.69) is 11.7 Å². The summed E-state index contributed by atoms with van der Waals surface area (Å²) in [5, 5.41) is 14.2. The van der Waals surface area contributed by atoms with Crippen LogP contribution in [-0.2, 0) is 12.6 Å². The molecule has 30 heavy (non-hydrogen) atoms. The van der Waals surface area contributed by atoms with Gasteiger partial charge in [-0.3, -0.25) is 4.79 Å². The predicted molar refractivity (Wildman–Crippen MR) is 105 cm³/mol. The van der Waals surface area contributed by atoms with Crippen LogP contribution in [0.4, 0.5) is 13.2 Å². The largest absolute Gasteiger partial charge is 0.422 e. The molecule has 3 aromatic rings. The number of benzene rings is 2. The molecule has 2 atom stereocenters. The number of alkyl halides is 3. The lowest BCUT2D eigenvalue weighted by molar-refractivity contribution is -0.137. The molecule has 0 amide bonds. The molecule has 7 heteroatoms. The van der Waals surface area contributed by atoms with Gasteiger partial charge in [-0.2, -0.15) is 13.2 Å². The Balaban J connectivity index is 1.73. The Morgan fingerprint density at radius 2 is 1.93 bits per heavy atom. The molecule has 0 fully saturated rings. The van der Waals surface area contributed by atoms with Crippen molar-refractivity contribution < 1.29 is 27.6 Å². The second kappa shape index (κ2) is 7.57. The molecule has 2 aromatic carbocycles. The predicted octanol–water partition coefficient (Wildman–Crippen LogP) is 5.48. The van der Waals surface area contributed by atoms with E-state index < -0.39 is 41.0 Å². The lowest BCUT2D eigenvalue weighted by Crippen LogP contribution is -2.29. The van der Waals surface area contributed by atoms with Crippen molar-refractivity contribution in [1.29, 1.82) is 0 Å². The van der Waals surface area contributed by atoms with Gasteiger partial charge in [-0.1, -0.05) is 66.3 Å². The maximum absolute atomic E-state index is 13.9. The van der Waals surface area contributed by atoms with E-state index in [1.54, 1.807) is 36.4 Å². The Labute approximate surface area is 170 Å². The Morgan fingerprint density at radius 3 is 2.60 bits per heavy atom. The van der Waals surface area contributed by atoms with E-state index in [9.17, 15) is 23.1 Å². The monoisotopic (exact) mass is 413 g/mol. The van der Waals surface area contributed by atoms with E-state index in [4.69, 9.17) is 4.52 Å². The van der Waals surface area contributed by atoms with Crippen LogP contribution >= 0.6 is 0 Å². The van der Waals surface area contributed by atoms with Crippen molar-refractivity contribution in [3.63, 3.8) is 0 Å². The summed E-state index contributed by atoms with van der Waals surface area (Å²) < 4.78 is 46.5. The van der Waals surface area contributed by atoms with E-state index in [-0.39, 0.29) is 12.0 Å². The van der Waals surface area contributed by atoms with Gasteiger partial charge in [0.05, 0.1) is 12.0 Å². The zero-order valence-electron chi connectivity index (χ0n) is 15.8. The van der Waals surface area contributed by atoms with Crippen LogP contribution in [0.5, 0.6) is 0 Å². The number of carbonyl (C=O) groups is 1. The number of carbonyl (C=O) groups excluding carboxylic acids is 1. The summed E-state index contributed by atoms with van der Waals surface area (Å²) in [5.41, 5.74) is 0.419. The van der Waals surface area contributed by atoms with E-state index in [0.29, 0.717) is 12.0 Å². The van der Waals surface area contributed by atoms with Crippen molar-refractivity contribution in [2.75, 3.05) is 0 Å². The van der Waals surface area contributed by atoms with Crippen molar-refractivity contribution in [2.45, 2.75) is 25.1 Å². The van der Waals surface area contributed by atoms with E-state index in [0.717, 1.165) is 11.1 Å². The van der Waals surface area contributed by atoms with E-state index in [1.165, 1.54) is 12.1 Å². The van der Waals surface area contributed by atoms with Gasteiger partial charge in [0.25, 0.3) is 0 Å². The number of Topliss-reactive ketones (excluding diaryl/α,β-unsaturated/α-hetero) is 1. The third-order valence-electron chi connectivity index (χ3n) is 5.41. The Bertz CT molecular complexity index is 1100. The van der Waals surface area contributed by atoms with Crippen LogP contribution in [0, 0.1) is 5.92 Å². The Kier molecular flexibility index (Phi) is 5.07. The first-order valence-corrected chi connectivity index (χ1v) is 9.41. The number of fused-ring (bicyclic) bond motifs is 1. The first kappa shape index (κ1) is 20.1. The molecule has 4 nitrogen and oxygen atoms in total. The van der Waals surface area contributed by atoms with Crippen LogP contribution in [0.3, 0.4) is 0 Å². The minimum Gasteiger partial charge on any atom is -0.388 e. The molecule has 1 aliphatic carbocycles. The molecular formula is C23H18F3NO3. The molecule has 1 aromatic heterocycles. The smallest absolute Gasteiger partial charge is 0.388 e. The fourth-order valence-electron chi connectivity index (χ4n) is 3.90. The van der Waals surface area contributed by atoms with Crippen LogP contribution in [0.1, 0.15) is 45.3 Å². The average Bonchev–Trinajstić information content (AvgIpc) is 3.20. The van der Waals surface area contributed by atoms with E-state index >= 15 is 0 Å². The number of hydrogen-bond donors (Lipinski definition) is 1. The molecule has 154 valence electrons. The van der Waals surface area contributed by atoms with Crippen molar-refractivity contribution in [2.24, 2.45) is 5.92 Å².